The van der Waals surface area contributed by atoms with Crippen LogP contribution in [0.3, 0.4) is 0 Å². The molecule has 0 spiro atoms. The van der Waals surface area contributed by atoms with Gasteiger partial charge < -0.3 is 9.47 Å². The minimum absolute atomic E-state index is 0.218. The molecule has 2 heterocycles. The number of ether oxygens (including phenoxy) is 2. The van der Waals surface area contributed by atoms with E-state index in [1.54, 1.807) is 0 Å². The number of rotatable bonds is 0. The molecule has 2 aliphatic heterocycles. The number of hydrogen-bond acceptors (Lipinski definition) is 5. The van der Waals surface area contributed by atoms with Crippen molar-refractivity contribution in [2.45, 2.75) is 6.29 Å². The minimum atomic E-state index is 0.218. The van der Waals surface area contributed by atoms with Crippen molar-refractivity contribution in [3.63, 3.8) is 0 Å². The molecule has 0 bridgehead atoms. The van der Waals surface area contributed by atoms with Gasteiger partial charge in [-0.3, -0.25) is 15.5 Å². The van der Waals surface area contributed by atoms with E-state index < -0.39 is 0 Å². The van der Waals surface area contributed by atoms with Gasteiger partial charge in [0.25, 0.3) is 0 Å². The fourth-order valence-corrected chi connectivity index (χ4v) is 1.48. The summed E-state index contributed by atoms with van der Waals surface area (Å²) in [6, 6.07) is 0. The lowest BCUT2D eigenvalue weighted by Gasteiger charge is -2.26. The lowest BCUT2D eigenvalue weighted by atomic mass is 10.5. The van der Waals surface area contributed by atoms with E-state index in [2.05, 4.69) is 15.5 Å². The van der Waals surface area contributed by atoms with Gasteiger partial charge in [-0.15, -0.1) is 0 Å². The Morgan fingerprint density at radius 3 is 2.17 bits per heavy atom. The standard InChI is InChI=1S/C7H15N3O2/c1-3-11-5-8-7-9-6-12-4-2-10(1)7/h7-9H,1-6H2. The van der Waals surface area contributed by atoms with Crippen LogP contribution in [0.25, 0.3) is 0 Å². The van der Waals surface area contributed by atoms with Crippen LogP contribution >= 0.6 is 0 Å². The molecule has 70 valence electrons. The van der Waals surface area contributed by atoms with Crippen LogP contribution in [0.5, 0.6) is 0 Å². The van der Waals surface area contributed by atoms with Crippen LogP contribution in [0.15, 0.2) is 0 Å². The number of hydrogen-bond donors (Lipinski definition) is 2. The Kier molecular flexibility index (Phi) is 2.91. The van der Waals surface area contributed by atoms with E-state index in [-0.39, 0.29) is 6.29 Å². The molecule has 2 rings (SSSR count). The Morgan fingerprint density at radius 1 is 1.00 bits per heavy atom. The third kappa shape index (κ3) is 1.94. The zero-order valence-corrected chi connectivity index (χ0v) is 7.08. The number of fused-ring (bicyclic) bond motifs is 1. The van der Waals surface area contributed by atoms with Crippen LogP contribution in [0.4, 0.5) is 0 Å². The second-order valence-electron chi connectivity index (χ2n) is 2.95. The molecular formula is C7H15N3O2. The smallest absolute Gasteiger partial charge is 0.118 e. The third-order valence-corrected chi connectivity index (χ3v) is 2.17. The molecule has 0 aromatic heterocycles. The van der Waals surface area contributed by atoms with Crippen molar-refractivity contribution < 1.29 is 9.47 Å². The predicted molar refractivity (Wildman–Crippen MR) is 43.3 cm³/mol. The molecule has 0 unspecified atom stereocenters. The van der Waals surface area contributed by atoms with Gasteiger partial charge in [0.2, 0.25) is 0 Å². The lowest BCUT2D eigenvalue weighted by Crippen LogP contribution is -2.53. The number of nitrogens with one attached hydrogen (secondary N) is 2. The maximum Gasteiger partial charge on any atom is 0.118 e. The van der Waals surface area contributed by atoms with Crippen LogP contribution in [-0.2, 0) is 9.47 Å². The first-order valence-corrected chi connectivity index (χ1v) is 4.33. The molecule has 0 aromatic rings. The Balaban J connectivity index is 1.94. The van der Waals surface area contributed by atoms with E-state index >= 15 is 0 Å². The first kappa shape index (κ1) is 8.40. The van der Waals surface area contributed by atoms with Gasteiger partial charge in [0.15, 0.2) is 0 Å². The van der Waals surface area contributed by atoms with E-state index in [4.69, 9.17) is 9.47 Å². The number of nitrogens with zero attached hydrogens (tertiary/aromatic N) is 1. The van der Waals surface area contributed by atoms with Crippen molar-refractivity contribution in [1.29, 1.82) is 0 Å². The molecular weight excluding hydrogens is 158 g/mol. The van der Waals surface area contributed by atoms with Gasteiger partial charge in [0, 0.05) is 13.1 Å². The van der Waals surface area contributed by atoms with E-state index in [1.165, 1.54) is 0 Å². The summed E-state index contributed by atoms with van der Waals surface area (Å²) in [5.41, 5.74) is 0. The first-order chi connectivity index (χ1) is 5.97. The Bertz CT molecular complexity index is 117. The molecule has 5 heteroatoms. The summed E-state index contributed by atoms with van der Waals surface area (Å²) in [6.45, 7) is 4.76. The topological polar surface area (TPSA) is 45.8 Å². The SMILES string of the molecule is C1CN2CCOCNC2NCO1. The van der Waals surface area contributed by atoms with E-state index in [0.29, 0.717) is 13.5 Å². The van der Waals surface area contributed by atoms with Gasteiger partial charge in [0.05, 0.1) is 26.7 Å². The summed E-state index contributed by atoms with van der Waals surface area (Å²) in [5.74, 6) is 0. The molecule has 0 aliphatic carbocycles. The van der Waals surface area contributed by atoms with Crippen molar-refractivity contribution in [3.05, 3.63) is 0 Å². The molecule has 0 radical (unpaired) electrons. The van der Waals surface area contributed by atoms with Crippen LogP contribution in [0, 0.1) is 0 Å². The molecule has 2 saturated heterocycles. The fourth-order valence-electron chi connectivity index (χ4n) is 1.48. The summed E-state index contributed by atoms with van der Waals surface area (Å²) in [7, 11) is 0. The molecule has 0 amide bonds. The molecule has 12 heavy (non-hydrogen) atoms. The average molecular weight is 173 g/mol. The predicted octanol–water partition coefficient (Wildman–Crippen LogP) is -1.27. The highest BCUT2D eigenvalue weighted by atomic mass is 16.5. The fraction of sp³-hybridized carbons (Fsp3) is 1.00. The van der Waals surface area contributed by atoms with Crippen molar-refractivity contribution in [1.82, 2.24) is 15.5 Å². The summed E-state index contributed by atoms with van der Waals surface area (Å²) in [6.07, 6.45) is 0.218. The maximum atomic E-state index is 5.29. The molecule has 2 aliphatic rings. The van der Waals surface area contributed by atoms with Gasteiger partial charge in [0.1, 0.15) is 6.29 Å². The van der Waals surface area contributed by atoms with Gasteiger partial charge in [-0.25, -0.2) is 0 Å². The molecule has 0 atom stereocenters. The first-order valence-electron chi connectivity index (χ1n) is 4.33. The molecule has 0 aromatic carbocycles. The summed E-state index contributed by atoms with van der Waals surface area (Å²) >= 11 is 0. The molecule has 5 nitrogen and oxygen atoms in total. The average Bonchev–Trinajstić information content (AvgIpc) is 2.38. The van der Waals surface area contributed by atoms with Crippen molar-refractivity contribution >= 4 is 0 Å². The molecule has 2 fully saturated rings. The normalized spacial score (nSPS) is 29.0. The maximum absolute atomic E-state index is 5.29. The Labute approximate surface area is 72.0 Å². The summed E-state index contributed by atoms with van der Waals surface area (Å²) in [5, 5.41) is 6.47. The zero-order valence-electron chi connectivity index (χ0n) is 7.08. The van der Waals surface area contributed by atoms with Crippen LogP contribution in [0.1, 0.15) is 0 Å². The molecule has 2 N–H and O–H groups in total. The van der Waals surface area contributed by atoms with Crippen molar-refractivity contribution in [3.8, 4) is 0 Å². The van der Waals surface area contributed by atoms with E-state index in [1.807, 2.05) is 0 Å². The van der Waals surface area contributed by atoms with E-state index in [9.17, 15) is 0 Å². The monoisotopic (exact) mass is 173 g/mol. The second kappa shape index (κ2) is 4.15. The van der Waals surface area contributed by atoms with Crippen molar-refractivity contribution in [2.75, 3.05) is 39.8 Å². The zero-order chi connectivity index (χ0) is 8.23. The minimum Gasteiger partial charge on any atom is -0.365 e. The Morgan fingerprint density at radius 2 is 1.58 bits per heavy atom. The third-order valence-electron chi connectivity index (χ3n) is 2.17. The summed E-state index contributed by atoms with van der Waals surface area (Å²) < 4.78 is 10.6. The second-order valence-corrected chi connectivity index (χ2v) is 2.95. The van der Waals surface area contributed by atoms with Gasteiger partial charge >= 0.3 is 0 Å². The lowest BCUT2D eigenvalue weighted by molar-refractivity contribution is 0.110. The summed E-state index contributed by atoms with van der Waals surface area (Å²) in [4.78, 5) is 2.29. The highest BCUT2D eigenvalue weighted by Gasteiger charge is 2.21. The van der Waals surface area contributed by atoms with Crippen molar-refractivity contribution in [2.24, 2.45) is 0 Å². The van der Waals surface area contributed by atoms with Crippen LogP contribution < -0.4 is 10.6 Å². The Hall–Kier alpha value is -0.200. The van der Waals surface area contributed by atoms with Crippen LogP contribution in [0.2, 0.25) is 0 Å². The van der Waals surface area contributed by atoms with Crippen LogP contribution in [-0.4, -0.2) is 51.0 Å². The van der Waals surface area contributed by atoms with Gasteiger partial charge in [-0.1, -0.05) is 0 Å². The van der Waals surface area contributed by atoms with Gasteiger partial charge in [-0.2, -0.15) is 0 Å². The largest absolute Gasteiger partial charge is 0.365 e. The highest BCUT2D eigenvalue weighted by molar-refractivity contribution is 4.69. The van der Waals surface area contributed by atoms with E-state index in [0.717, 1.165) is 26.3 Å². The quantitative estimate of drug-likeness (QED) is 0.478. The highest BCUT2D eigenvalue weighted by Crippen LogP contribution is 2.00. The molecule has 0 saturated carbocycles. The van der Waals surface area contributed by atoms with Gasteiger partial charge in [-0.05, 0) is 0 Å².